The monoisotopic (exact) mass is 393 g/mol. The van der Waals surface area contributed by atoms with E-state index in [9.17, 15) is 18.0 Å². The minimum absolute atomic E-state index is 0.0494. The molecule has 2 N–H and O–H groups in total. The van der Waals surface area contributed by atoms with Crippen LogP contribution < -0.4 is 15.4 Å². The number of amides is 1. The number of ether oxygens (including phenoxy) is 1. The van der Waals surface area contributed by atoms with Gasteiger partial charge >= 0.3 is 6.36 Å². The maximum atomic E-state index is 12.1. The highest BCUT2D eigenvalue weighted by molar-refractivity contribution is 7.13. The summed E-state index contributed by atoms with van der Waals surface area (Å²) < 4.78 is 40.2. The summed E-state index contributed by atoms with van der Waals surface area (Å²) in [6.07, 6.45) is -4.70. The summed E-state index contributed by atoms with van der Waals surface area (Å²) in [6, 6.07) is 14.4. The molecule has 0 atom stereocenters. The zero-order valence-electron chi connectivity index (χ0n) is 13.8. The van der Waals surface area contributed by atoms with Crippen LogP contribution in [0.1, 0.15) is 5.69 Å². The summed E-state index contributed by atoms with van der Waals surface area (Å²) in [6.45, 7) is 0. The lowest BCUT2D eigenvalue weighted by Crippen LogP contribution is -2.17. The Morgan fingerprint density at radius 3 is 2.41 bits per heavy atom. The number of carbonyl (C=O) groups excluding carboxylic acids is 1. The van der Waals surface area contributed by atoms with Crippen molar-refractivity contribution in [1.82, 2.24) is 4.98 Å². The van der Waals surface area contributed by atoms with E-state index in [2.05, 4.69) is 20.4 Å². The van der Waals surface area contributed by atoms with E-state index in [-0.39, 0.29) is 18.1 Å². The van der Waals surface area contributed by atoms with Crippen molar-refractivity contribution >= 4 is 33.8 Å². The first-order valence-corrected chi connectivity index (χ1v) is 8.67. The molecule has 0 bridgehead atoms. The molecule has 1 amide bonds. The normalized spacial score (nSPS) is 11.1. The van der Waals surface area contributed by atoms with Gasteiger partial charge in [-0.1, -0.05) is 18.2 Å². The Kier molecular flexibility index (Phi) is 5.60. The molecule has 0 radical (unpaired) electrons. The molecule has 3 aromatic rings. The maximum Gasteiger partial charge on any atom is 0.573 e. The van der Waals surface area contributed by atoms with E-state index in [0.29, 0.717) is 16.5 Å². The highest BCUT2D eigenvalue weighted by Crippen LogP contribution is 2.24. The molecule has 0 aliphatic rings. The van der Waals surface area contributed by atoms with E-state index < -0.39 is 6.36 Å². The quantitative estimate of drug-likeness (QED) is 0.621. The number of anilines is 3. The molecular weight excluding hydrogens is 379 g/mol. The highest BCUT2D eigenvalue weighted by atomic mass is 32.1. The van der Waals surface area contributed by atoms with Gasteiger partial charge in [-0.15, -0.1) is 24.5 Å². The minimum Gasteiger partial charge on any atom is -0.406 e. The van der Waals surface area contributed by atoms with E-state index >= 15 is 0 Å². The van der Waals surface area contributed by atoms with Crippen molar-refractivity contribution in [2.45, 2.75) is 12.8 Å². The molecule has 1 aromatic heterocycles. The van der Waals surface area contributed by atoms with Gasteiger partial charge in [0.15, 0.2) is 5.13 Å². The standard InChI is InChI=1S/C18H14F3N3O2S/c19-18(20,21)26-15-8-6-13(7-9-15)22-16(25)10-14-11-27-17(24-14)23-12-4-2-1-3-5-12/h1-9,11H,10H2,(H,22,25)(H,23,24). The van der Waals surface area contributed by atoms with Gasteiger partial charge in [-0.25, -0.2) is 4.98 Å². The maximum absolute atomic E-state index is 12.1. The van der Waals surface area contributed by atoms with Crippen molar-refractivity contribution < 1.29 is 22.7 Å². The second-order valence-electron chi connectivity index (χ2n) is 5.43. The Morgan fingerprint density at radius 1 is 1.04 bits per heavy atom. The molecule has 0 spiro atoms. The molecule has 0 saturated heterocycles. The number of hydrogen-bond acceptors (Lipinski definition) is 5. The molecule has 2 aromatic carbocycles. The fourth-order valence-electron chi connectivity index (χ4n) is 2.20. The molecule has 0 fully saturated rings. The second-order valence-corrected chi connectivity index (χ2v) is 6.29. The van der Waals surface area contributed by atoms with Gasteiger partial charge in [0, 0.05) is 16.8 Å². The van der Waals surface area contributed by atoms with Gasteiger partial charge in [-0.05, 0) is 36.4 Å². The molecule has 3 rings (SSSR count). The van der Waals surface area contributed by atoms with Gasteiger partial charge in [0.25, 0.3) is 0 Å². The van der Waals surface area contributed by atoms with E-state index in [1.165, 1.54) is 23.5 Å². The largest absolute Gasteiger partial charge is 0.573 e. The predicted octanol–water partition coefficient (Wildman–Crippen LogP) is 4.97. The average Bonchev–Trinajstić information content (AvgIpc) is 3.03. The molecule has 1 heterocycles. The Balaban J connectivity index is 1.53. The van der Waals surface area contributed by atoms with Crippen LogP contribution in [0.5, 0.6) is 5.75 Å². The number of nitrogens with one attached hydrogen (secondary N) is 2. The van der Waals surface area contributed by atoms with Gasteiger partial charge in [0.05, 0.1) is 12.1 Å². The molecule has 0 saturated carbocycles. The SMILES string of the molecule is O=C(Cc1csc(Nc2ccccc2)n1)Nc1ccc(OC(F)(F)F)cc1. The third-order valence-electron chi connectivity index (χ3n) is 3.29. The fraction of sp³-hybridized carbons (Fsp3) is 0.111. The Bertz CT molecular complexity index is 896. The Labute approximate surface area is 156 Å². The summed E-state index contributed by atoms with van der Waals surface area (Å²) in [5.74, 6) is -0.673. The molecular formula is C18H14F3N3O2S. The second kappa shape index (κ2) is 8.09. The molecule has 9 heteroatoms. The van der Waals surface area contributed by atoms with E-state index in [0.717, 1.165) is 17.8 Å². The summed E-state index contributed by atoms with van der Waals surface area (Å²) in [4.78, 5) is 16.4. The third-order valence-corrected chi connectivity index (χ3v) is 4.10. The van der Waals surface area contributed by atoms with Crippen LogP contribution in [0.25, 0.3) is 0 Å². The third kappa shape index (κ3) is 6.00. The van der Waals surface area contributed by atoms with Crippen LogP contribution in [0.4, 0.5) is 29.7 Å². The molecule has 0 aliphatic carbocycles. The van der Waals surface area contributed by atoms with Crippen molar-refractivity contribution in [3.63, 3.8) is 0 Å². The van der Waals surface area contributed by atoms with Crippen molar-refractivity contribution in [3.8, 4) is 5.75 Å². The summed E-state index contributed by atoms with van der Waals surface area (Å²) in [5, 5.41) is 8.18. The van der Waals surface area contributed by atoms with Gasteiger partial charge in [0.1, 0.15) is 5.75 Å². The molecule has 0 unspecified atom stereocenters. The smallest absolute Gasteiger partial charge is 0.406 e. The summed E-state index contributed by atoms with van der Waals surface area (Å²) >= 11 is 1.37. The topological polar surface area (TPSA) is 63.2 Å². The number of alkyl halides is 3. The van der Waals surface area contributed by atoms with Gasteiger partial charge in [0.2, 0.25) is 5.91 Å². The minimum atomic E-state index is -4.75. The van der Waals surface area contributed by atoms with E-state index in [1.54, 1.807) is 5.38 Å². The van der Waals surface area contributed by atoms with Crippen LogP contribution in [-0.4, -0.2) is 17.3 Å². The van der Waals surface area contributed by atoms with Gasteiger partial charge < -0.3 is 15.4 Å². The zero-order valence-corrected chi connectivity index (χ0v) is 14.6. The first-order chi connectivity index (χ1) is 12.9. The number of para-hydroxylation sites is 1. The number of halogens is 3. The summed E-state index contributed by atoms with van der Waals surface area (Å²) in [7, 11) is 0. The van der Waals surface area contributed by atoms with Crippen LogP contribution in [0, 0.1) is 0 Å². The number of hydrogen-bond donors (Lipinski definition) is 2. The lowest BCUT2D eigenvalue weighted by Gasteiger charge is -2.09. The molecule has 27 heavy (non-hydrogen) atoms. The zero-order chi connectivity index (χ0) is 19.3. The van der Waals surface area contributed by atoms with Crippen molar-refractivity contribution in [3.05, 3.63) is 65.7 Å². The van der Waals surface area contributed by atoms with Crippen LogP contribution >= 0.6 is 11.3 Å². The lowest BCUT2D eigenvalue weighted by atomic mass is 10.2. The van der Waals surface area contributed by atoms with Crippen molar-refractivity contribution in [1.29, 1.82) is 0 Å². The highest BCUT2D eigenvalue weighted by Gasteiger charge is 2.30. The summed E-state index contributed by atoms with van der Waals surface area (Å²) in [5.41, 5.74) is 1.85. The van der Waals surface area contributed by atoms with Crippen molar-refractivity contribution in [2.24, 2.45) is 0 Å². The number of nitrogens with zero attached hydrogens (tertiary/aromatic N) is 1. The Morgan fingerprint density at radius 2 is 1.74 bits per heavy atom. The van der Waals surface area contributed by atoms with Crippen LogP contribution in [0.2, 0.25) is 0 Å². The van der Waals surface area contributed by atoms with Gasteiger partial charge in [-0.2, -0.15) is 0 Å². The fourth-order valence-corrected chi connectivity index (χ4v) is 2.93. The predicted molar refractivity (Wildman–Crippen MR) is 97.3 cm³/mol. The lowest BCUT2D eigenvalue weighted by molar-refractivity contribution is -0.274. The first kappa shape index (κ1) is 18.7. The number of benzene rings is 2. The van der Waals surface area contributed by atoms with E-state index in [1.807, 2.05) is 30.3 Å². The van der Waals surface area contributed by atoms with Crippen LogP contribution in [0.3, 0.4) is 0 Å². The number of thiazole rings is 1. The Hall–Kier alpha value is -3.07. The van der Waals surface area contributed by atoms with Crippen LogP contribution in [0.15, 0.2) is 60.0 Å². The molecule has 0 aliphatic heterocycles. The van der Waals surface area contributed by atoms with Crippen LogP contribution in [-0.2, 0) is 11.2 Å². The first-order valence-electron chi connectivity index (χ1n) is 7.79. The molecule has 140 valence electrons. The molecule has 5 nitrogen and oxygen atoms in total. The van der Waals surface area contributed by atoms with Gasteiger partial charge in [-0.3, -0.25) is 4.79 Å². The number of rotatable bonds is 6. The van der Waals surface area contributed by atoms with Crippen molar-refractivity contribution in [2.75, 3.05) is 10.6 Å². The average molecular weight is 393 g/mol. The van der Waals surface area contributed by atoms with E-state index in [4.69, 9.17) is 0 Å². The number of aromatic nitrogens is 1. The number of carbonyl (C=O) groups is 1.